The maximum Gasteiger partial charge on any atom is 0.110 e. The van der Waals surface area contributed by atoms with Crippen LogP contribution in [0.2, 0.25) is 5.04 Å². The number of ether oxygens (including phenoxy) is 1. The normalized spacial score (nSPS) is 11.7. The fourth-order valence-electron chi connectivity index (χ4n) is 3.71. The van der Waals surface area contributed by atoms with E-state index in [1.165, 1.54) is 21.5 Å². The standard InChI is InChI=1S/C24H27BrOSi/c1-19-16-21(25)15-14-20(19)17-26-18-24(2,3)27(22-10-6-4-7-11-22)23-12-8-5-9-13-23/h4-16,27H,17-18H2,1-3H3. The van der Waals surface area contributed by atoms with Gasteiger partial charge in [-0.1, -0.05) is 107 Å². The van der Waals surface area contributed by atoms with Gasteiger partial charge >= 0.3 is 0 Å². The van der Waals surface area contributed by atoms with Gasteiger partial charge in [0.1, 0.15) is 8.80 Å². The molecule has 0 aliphatic rings. The van der Waals surface area contributed by atoms with Crippen LogP contribution in [0.25, 0.3) is 0 Å². The molecular formula is C24H27BrOSi. The number of halogens is 1. The molecular weight excluding hydrogens is 412 g/mol. The molecule has 3 heteroatoms. The lowest BCUT2D eigenvalue weighted by molar-refractivity contribution is 0.101. The van der Waals surface area contributed by atoms with Gasteiger partial charge < -0.3 is 4.74 Å². The Labute approximate surface area is 173 Å². The molecule has 0 radical (unpaired) electrons. The summed E-state index contributed by atoms with van der Waals surface area (Å²) < 4.78 is 7.36. The molecule has 0 aliphatic heterocycles. The highest BCUT2D eigenvalue weighted by molar-refractivity contribution is 9.10. The second kappa shape index (κ2) is 9.00. The first-order valence-electron chi connectivity index (χ1n) is 9.40. The van der Waals surface area contributed by atoms with E-state index in [0.717, 1.165) is 11.1 Å². The smallest absolute Gasteiger partial charge is 0.110 e. The van der Waals surface area contributed by atoms with Crippen LogP contribution in [0, 0.1) is 6.92 Å². The number of benzene rings is 3. The summed E-state index contributed by atoms with van der Waals surface area (Å²) in [7, 11) is -1.44. The van der Waals surface area contributed by atoms with Crippen LogP contribution < -0.4 is 10.4 Å². The van der Waals surface area contributed by atoms with Crippen molar-refractivity contribution in [3.8, 4) is 0 Å². The van der Waals surface area contributed by atoms with E-state index >= 15 is 0 Å². The number of hydrogen-bond donors (Lipinski definition) is 0. The lowest BCUT2D eigenvalue weighted by Gasteiger charge is -2.34. The van der Waals surface area contributed by atoms with Crippen LogP contribution in [0.5, 0.6) is 0 Å². The Morgan fingerprint density at radius 2 is 1.41 bits per heavy atom. The molecule has 27 heavy (non-hydrogen) atoms. The first-order chi connectivity index (χ1) is 13.0. The Hall–Kier alpha value is -1.68. The summed E-state index contributed by atoms with van der Waals surface area (Å²) in [6.07, 6.45) is 0. The van der Waals surface area contributed by atoms with Crippen LogP contribution in [-0.4, -0.2) is 15.4 Å². The van der Waals surface area contributed by atoms with Crippen molar-refractivity contribution in [3.63, 3.8) is 0 Å². The predicted octanol–water partition coefficient (Wildman–Crippen LogP) is 5.10. The SMILES string of the molecule is Cc1cc(Br)ccc1COCC(C)(C)[SiH](c1ccccc1)c1ccccc1. The quantitative estimate of drug-likeness (QED) is 0.466. The Kier molecular flexibility index (Phi) is 6.69. The van der Waals surface area contributed by atoms with Gasteiger partial charge in [0.2, 0.25) is 0 Å². The van der Waals surface area contributed by atoms with Crippen LogP contribution in [0.4, 0.5) is 0 Å². The van der Waals surface area contributed by atoms with E-state index in [0.29, 0.717) is 6.61 Å². The van der Waals surface area contributed by atoms with Crippen LogP contribution in [0.15, 0.2) is 83.3 Å². The summed E-state index contributed by atoms with van der Waals surface area (Å²) in [6, 6.07) is 28.3. The topological polar surface area (TPSA) is 9.23 Å². The van der Waals surface area contributed by atoms with Crippen molar-refractivity contribution in [2.75, 3.05) is 6.61 Å². The third-order valence-corrected chi connectivity index (χ3v) is 9.41. The Balaban J connectivity index is 1.78. The third kappa shape index (κ3) is 5.19. The number of aryl methyl sites for hydroxylation is 1. The summed E-state index contributed by atoms with van der Waals surface area (Å²) in [5, 5.41) is 3.04. The van der Waals surface area contributed by atoms with Crippen molar-refractivity contribution in [2.24, 2.45) is 0 Å². The molecule has 0 unspecified atom stereocenters. The van der Waals surface area contributed by atoms with E-state index < -0.39 is 8.80 Å². The largest absolute Gasteiger partial charge is 0.376 e. The molecule has 0 fully saturated rings. The monoisotopic (exact) mass is 438 g/mol. The predicted molar refractivity (Wildman–Crippen MR) is 122 cm³/mol. The van der Waals surface area contributed by atoms with Gasteiger partial charge in [-0.05, 0) is 35.2 Å². The van der Waals surface area contributed by atoms with Gasteiger partial charge in [-0.25, -0.2) is 0 Å². The Bertz CT molecular complexity index is 823. The lowest BCUT2D eigenvalue weighted by atomic mass is 10.1. The molecule has 0 amide bonds. The highest BCUT2D eigenvalue weighted by atomic mass is 79.9. The van der Waals surface area contributed by atoms with Gasteiger partial charge in [0.15, 0.2) is 0 Å². The molecule has 0 aromatic heterocycles. The maximum absolute atomic E-state index is 6.25. The van der Waals surface area contributed by atoms with Crippen molar-refractivity contribution in [3.05, 3.63) is 94.5 Å². The van der Waals surface area contributed by atoms with E-state index in [2.05, 4.69) is 116 Å². The molecule has 0 N–H and O–H groups in total. The molecule has 0 saturated carbocycles. The van der Waals surface area contributed by atoms with E-state index in [-0.39, 0.29) is 5.04 Å². The Morgan fingerprint density at radius 1 is 0.852 bits per heavy atom. The molecule has 0 heterocycles. The first kappa shape index (κ1) is 20.1. The fourth-order valence-corrected chi connectivity index (χ4v) is 7.88. The molecule has 0 saturated heterocycles. The molecule has 3 aromatic carbocycles. The van der Waals surface area contributed by atoms with Gasteiger partial charge in [0.25, 0.3) is 0 Å². The second-order valence-electron chi connectivity index (χ2n) is 7.81. The van der Waals surface area contributed by atoms with Gasteiger partial charge in [0, 0.05) is 4.47 Å². The molecule has 0 atom stereocenters. The summed E-state index contributed by atoms with van der Waals surface area (Å²) in [5.41, 5.74) is 2.52. The lowest BCUT2D eigenvalue weighted by Crippen LogP contribution is -2.51. The van der Waals surface area contributed by atoms with E-state index in [9.17, 15) is 0 Å². The average molecular weight is 439 g/mol. The minimum atomic E-state index is -1.44. The molecule has 0 spiro atoms. The number of rotatable bonds is 7. The van der Waals surface area contributed by atoms with Crippen molar-refractivity contribution < 1.29 is 4.74 Å². The minimum Gasteiger partial charge on any atom is -0.376 e. The van der Waals surface area contributed by atoms with Gasteiger partial charge in [-0.2, -0.15) is 0 Å². The summed E-state index contributed by atoms with van der Waals surface area (Å²) >= 11 is 3.53. The number of hydrogen-bond acceptors (Lipinski definition) is 1. The van der Waals surface area contributed by atoms with Crippen molar-refractivity contribution >= 4 is 35.1 Å². The maximum atomic E-state index is 6.25. The minimum absolute atomic E-state index is 0.103. The highest BCUT2D eigenvalue weighted by Gasteiger charge is 2.34. The molecule has 0 bridgehead atoms. The highest BCUT2D eigenvalue weighted by Crippen LogP contribution is 2.29. The van der Waals surface area contributed by atoms with E-state index in [1.807, 2.05) is 0 Å². The zero-order valence-electron chi connectivity index (χ0n) is 16.3. The van der Waals surface area contributed by atoms with Crippen molar-refractivity contribution in [2.45, 2.75) is 32.4 Å². The average Bonchev–Trinajstić information content (AvgIpc) is 2.65. The van der Waals surface area contributed by atoms with Crippen molar-refractivity contribution in [1.29, 1.82) is 0 Å². The zero-order valence-corrected chi connectivity index (χ0v) is 19.0. The summed E-state index contributed by atoms with van der Waals surface area (Å²) in [4.78, 5) is 0. The van der Waals surface area contributed by atoms with Crippen LogP contribution >= 0.6 is 15.9 Å². The fraction of sp³-hybridized carbons (Fsp3) is 0.250. The van der Waals surface area contributed by atoms with Gasteiger partial charge in [0.05, 0.1) is 13.2 Å². The molecule has 1 nitrogen and oxygen atoms in total. The first-order valence-corrected chi connectivity index (χ1v) is 11.9. The third-order valence-electron chi connectivity index (χ3n) is 5.08. The van der Waals surface area contributed by atoms with Gasteiger partial charge in [-0.3, -0.25) is 0 Å². The Morgan fingerprint density at radius 3 is 1.93 bits per heavy atom. The van der Waals surface area contributed by atoms with E-state index in [4.69, 9.17) is 4.74 Å². The van der Waals surface area contributed by atoms with Crippen LogP contribution in [0.3, 0.4) is 0 Å². The summed E-state index contributed by atoms with van der Waals surface area (Å²) in [5.74, 6) is 0. The van der Waals surface area contributed by atoms with Crippen LogP contribution in [0.1, 0.15) is 25.0 Å². The second-order valence-corrected chi connectivity index (χ2v) is 12.5. The molecule has 0 aliphatic carbocycles. The van der Waals surface area contributed by atoms with Crippen molar-refractivity contribution in [1.82, 2.24) is 0 Å². The zero-order chi connectivity index (χ0) is 19.3. The molecule has 140 valence electrons. The van der Waals surface area contributed by atoms with Gasteiger partial charge in [-0.15, -0.1) is 0 Å². The molecule has 3 rings (SSSR count). The van der Waals surface area contributed by atoms with E-state index in [1.54, 1.807) is 0 Å². The van der Waals surface area contributed by atoms with Crippen LogP contribution in [-0.2, 0) is 11.3 Å². The summed E-state index contributed by atoms with van der Waals surface area (Å²) in [6.45, 7) is 8.27. The molecule has 3 aromatic rings.